The van der Waals surface area contributed by atoms with E-state index in [0.29, 0.717) is 12.0 Å². The third kappa shape index (κ3) is 3.93. The maximum atomic E-state index is 10.4. The second kappa shape index (κ2) is 7.93. The van der Waals surface area contributed by atoms with E-state index in [2.05, 4.69) is 53.0 Å². The van der Waals surface area contributed by atoms with Gasteiger partial charge in [-0.3, -0.25) is 4.90 Å². The van der Waals surface area contributed by atoms with Crippen LogP contribution in [-0.4, -0.2) is 71.0 Å². The summed E-state index contributed by atoms with van der Waals surface area (Å²) in [6.45, 7) is 3.55. The molecule has 1 aromatic rings. The summed E-state index contributed by atoms with van der Waals surface area (Å²) in [6.07, 6.45) is 6.18. The maximum Gasteiger partial charge on any atom is 0.125 e. The molecule has 146 valence electrons. The van der Waals surface area contributed by atoms with Gasteiger partial charge in [0, 0.05) is 30.1 Å². The van der Waals surface area contributed by atoms with Crippen molar-refractivity contribution in [2.75, 3.05) is 33.3 Å². The molecule has 4 heteroatoms. The Bertz CT molecular complexity index is 699. The lowest BCUT2D eigenvalue weighted by atomic mass is 9.74. The average Bonchev–Trinajstić information content (AvgIpc) is 3.09. The number of aliphatic hydroxyl groups excluding tert-OH is 1. The second-order valence-electron chi connectivity index (χ2n) is 8.66. The normalized spacial score (nSPS) is 31.1. The van der Waals surface area contributed by atoms with E-state index >= 15 is 0 Å². The number of fused-ring (bicyclic) bond motifs is 1. The van der Waals surface area contributed by atoms with Gasteiger partial charge < -0.3 is 15.1 Å². The molecule has 27 heavy (non-hydrogen) atoms. The lowest BCUT2D eigenvalue weighted by Gasteiger charge is -2.57. The van der Waals surface area contributed by atoms with Crippen LogP contribution in [0.25, 0.3) is 0 Å². The number of aliphatic hydroxyl groups is 2. The first kappa shape index (κ1) is 19.0. The van der Waals surface area contributed by atoms with Gasteiger partial charge in [-0.2, -0.15) is 0 Å². The quantitative estimate of drug-likeness (QED) is 0.786. The van der Waals surface area contributed by atoms with E-state index in [1.807, 2.05) is 0 Å². The van der Waals surface area contributed by atoms with E-state index in [9.17, 15) is 10.2 Å². The molecule has 0 amide bonds. The summed E-state index contributed by atoms with van der Waals surface area (Å²) in [5.41, 5.74) is 1.48. The average molecular weight is 369 g/mol. The van der Waals surface area contributed by atoms with Crippen LogP contribution in [0.4, 0.5) is 0 Å². The second-order valence-corrected chi connectivity index (χ2v) is 8.66. The Labute approximate surface area is 163 Å². The van der Waals surface area contributed by atoms with Gasteiger partial charge in [0.1, 0.15) is 5.60 Å². The zero-order chi connectivity index (χ0) is 18.9. The van der Waals surface area contributed by atoms with Crippen LogP contribution in [0.15, 0.2) is 24.3 Å². The van der Waals surface area contributed by atoms with Crippen molar-refractivity contribution in [3.63, 3.8) is 0 Å². The minimum Gasteiger partial charge on any atom is -0.395 e. The standard InChI is InChI=1S/C23H32N2O2/c1-24-14-4-5-15-25-20(16-24)22(21(25)17-26)19-8-6-18(7-9-19)10-13-23(27)11-2-3-12-23/h6-9,20-22,26-27H,2-5,11-12,14-17H2,1H3/t20-,21+,22-/m1/s1. The maximum absolute atomic E-state index is 10.4. The third-order valence-corrected chi connectivity index (χ3v) is 6.74. The smallest absolute Gasteiger partial charge is 0.125 e. The molecular formula is C23H32N2O2. The van der Waals surface area contributed by atoms with Crippen molar-refractivity contribution in [1.82, 2.24) is 9.80 Å². The van der Waals surface area contributed by atoms with Crippen LogP contribution in [0.2, 0.25) is 0 Å². The predicted molar refractivity (Wildman–Crippen MR) is 108 cm³/mol. The van der Waals surface area contributed by atoms with Crippen LogP contribution in [0.5, 0.6) is 0 Å². The fourth-order valence-electron chi connectivity index (χ4n) is 5.18. The van der Waals surface area contributed by atoms with E-state index in [-0.39, 0.29) is 12.6 Å². The molecule has 3 aliphatic rings. The molecular weight excluding hydrogens is 336 g/mol. The van der Waals surface area contributed by atoms with E-state index in [1.54, 1.807) is 0 Å². The SMILES string of the molecule is CN1CCCCN2[C@H](C1)[C@@H](c1ccc(C#CC3(O)CCCC3)cc1)[C@@H]2CO. The van der Waals surface area contributed by atoms with E-state index in [0.717, 1.165) is 50.9 Å². The van der Waals surface area contributed by atoms with Gasteiger partial charge in [0.15, 0.2) is 0 Å². The van der Waals surface area contributed by atoms with Crippen molar-refractivity contribution in [1.29, 1.82) is 0 Å². The van der Waals surface area contributed by atoms with Gasteiger partial charge in [0.25, 0.3) is 0 Å². The summed E-state index contributed by atoms with van der Waals surface area (Å²) in [4.78, 5) is 4.93. The first-order valence-corrected chi connectivity index (χ1v) is 10.5. The van der Waals surface area contributed by atoms with Gasteiger partial charge in [-0.05, 0) is 76.4 Å². The molecule has 2 N–H and O–H groups in total. The van der Waals surface area contributed by atoms with Crippen LogP contribution >= 0.6 is 0 Å². The molecule has 4 nitrogen and oxygen atoms in total. The number of hydrogen-bond donors (Lipinski definition) is 2. The van der Waals surface area contributed by atoms with Crippen molar-refractivity contribution in [2.24, 2.45) is 0 Å². The minimum absolute atomic E-state index is 0.222. The molecule has 0 unspecified atom stereocenters. The summed E-state index contributed by atoms with van der Waals surface area (Å²) in [6, 6.07) is 9.22. The molecule has 4 rings (SSSR count). The summed E-state index contributed by atoms with van der Waals surface area (Å²) >= 11 is 0. The number of likely N-dealkylation sites (N-methyl/N-ethyl adjacent to an activating group) is 1. The van der Waals surface area contributed by atoms with Gasteiger partial charge in [0.05, 0.1) is 6.61 Å². The zero-order valence-corrected chi connectivity index (χ0v) is 16.4. The summed E-state index contributed by atoms with van der Waals surface area (Å²) in [7, 11) is 2.21. The van der Waals surface area contributed by atoms with Crippen molar-refractivity contribution in [3.8, 4) is 11.8 Å². The molecule has 3 atom stereocenters. The van der Waals surface area contributed by atoms with Gasteiger partial charge in [-0.1, -0.05) is 24.0 Å². The molecule has 2 saturated heterocycles. The number of benzene rings is 1. The molecule has 3 fully saturated rings. The predicted octanol–water partition coefficient (Wildman–Crippen LogP) is 2.20. The van der Waals surface area contributed by atoms with Gasteiger partial charge in [-0.15, -0.1) is 0 Å². The molecule has 1 aromatic carbocycles. The Balaban J connectivity index is 1.50. The first-order chi connectivity index (χ1) is 13.1. The summed E-state index contributed by atoms with van der Waals surface area (Å²) in [5.74, 6) is 6.64. The van der Waals surface area contributed by atoms with Crippen molar-refractivity contribution in [3.05, 3.63) is 35.4 Å². The highest BCUT2D eigenvalue weighted by molar-refractivity contribution is 5.40. The minimum atomic E-state index is -0.779. The molecule has 2 heterocycles. The fourth-order valence-corrected chi connectivity index (χ4v) is 5.18. The van der Waals surface area contributed by atoms with Gasteiger partial charge in [0.2, 0.25) is 0 Å². The van der Waals surface area contributed by atoms with Gasteiger partial charge >= 0.3 is 0 Å². The highest BCUT2D eigenvalue weighted by Crippen LogP contribution is 2.41. The van der Waals surface area contributed by atoms with Crippen molar-refractivity contribution < 1.29 is 10.2 Å². The van der Waals surface area contributed by atoms with Crippen LogP contribution in [0, 0.1) is 11.8 Å². The summed E-state index contributed by atoms with van der Waals surface area (Å²) in [5, 5.41) is 20.4. The molecule has 0 bridgehead atoms. The highest BCUT2D eigenvalue weighted by Gasteiger charge is 2.48. The first-order valence-electron chi connectivity index (χ1n) is 10.5. The van der Waals surface area contributed by atoms with Crippen LogP contribution < -0.4 is 0 Å². The monoisotopic (exact) mass is 368 g/mol. The Hall–Kier alpha value is -1.38. The highest BCUT2D eigenvalue weighted by atomic mass is 16.3. The number of nitrogens with zero attached hydrogens (tertiary/aromatic N) is 2. The number of rotatable bonds is 2. The lowest BCUT2D eigenvalue weighted by molar-refractivity contribution is -0.0614. The Morgan fingerprint density at radius 1 is 1.07 bits per heavy atom. The molecule has 0 aromatic heterocycles. The molecule has 1 aliphatic carbocycles. The lowest BCUT2D eigenvalue weighted by Crippen LogP contribution is -2.67. The van der Waals surface area contributed by atoms with Gasteiger partial charge in [-0.25, -0.2) is 0 Å². The fraction of sp³-hybridized carbons (Fsp3) is 0.652. The van der Waals surface area contributed by atoms with E-state index in [1.165, 1.54) is 18.4 Å². The van der Waals surface area contributed by atoms with E-state index < -0.39 is 5.60 Å². The van der Waals surface area contributed by atoms with E-state index in [4.69, 9.17) is 0 Å². The van der Waals surface area contributed by atoms with Crippen LogP contribution in [-0.2, 0) is 0 Å². The largest absolute Gasteiger partial charge is 0.395 e. The van der Waals surface area contributed by atoms with Crippen molar-refractivity contribution in [2.45, 2.75) is 62.1 Å². The number of hydrogen-bond acceptors (Lipinski definition) is 4. The Kier molecular flexibility index (Phi) is 5.57. The molecule has 0 radical (unpaired) electrons. The third-order valence-electron chi connectivity index (χ3n) is 6.74. The Morgan fingerprint density at radius 3 is 2.48 bits per heavy atom. The van der Waals surface area contributed by atoms with Crippen LogP contribution in [0.3, 0.4) is 0 Å². The molecule has 0 spiro atoms. The zero-order valence-electron chi connectivity index (χ0n) is 16.4. The molecule has 1 saturated carbocycles. The summed E-state index contributed by atoms with van der Waals surface area (Å²) < 4.78 is 0. The van der Waals surface area contributed by atoms with Crippen LogP contribution in [0.1, 0.15) is 55.6 Å². The molecule has 2 aliphatic heterocycles. The topological polar surface area (TPSA) is 46.9 Å². The van der Waals surface area contributed by atoms with Crippen molar-refractivity contribution >= 4 is 0 Å². The Morgan fingerprint density at radius 2 is 1.78 bits per heavy atom.